The largest absolute Gasteiger partial charge is 0.229 e. The standard InChI is InChI=1S/C13H20O2S/c1-11-13-8-4-2-6-12(13,7-3-5-9-13)10-16(11,14)15/h2,4,11H,3,5-10H2,1H3/t11-,12+,13+/m1/s1. The first-order valence-electron chi connectivity index (χ1n) is 6.39. The third-order valence-corrected chi connectivity index (χ3v) is 8.02. The molecule has 90 valence electrons. The number of allylic oxidation sites excluding steroid dienone is 2. The molecule has 0 aromatic rings. The van der Waals surface area contributed by atoms with E-state index in [1.165, 1.54) is 12.8 Å². The van der Waals surface area contributed by atoms with E-state index in [1.807, 2.05) is 6.92 Å². The smallest absolute Gasteiger partial charge is 0.154 e. The quantitative estimate of drug-likeness (QED) is 0.610. The zero-order chi connectivity index (χ0) is 11.4. The van der Waals surface area contributed by atoms with E-state index in [9.17, 15) is 8.42 Å². The van der Waals surface area contributed by atoms with Gasteiger partial charge >= 0.3 is 0 Å². The number of hydrogen-bond acceptors (Lipinski definition) is 2. The predicted molar refractivity (Wildman–Crippen MR) is 65.0 cm³/mol. The first-order valence-corrected chi connectivity index (χ1v) is 8.11. The highest BCUT2D eigenvalue weighted by Crippen LogP contribution is 2.65. The number of hydrogen-bond donors (Lipinski definition) is 0. The molecule has 3 rings (SSSR count). The molecule has 3 atom stereocenters. The molecule has 1 saturated carbocycles. The van der Waals surface area contributed by atoms with Crippen LogP contribution in [-0.4, -0.2) is 19.4 Å². The van der Waals surface area contributed by atoms with Gasteiger partial charge in [-0.1, -0.05) is 25.0 Å². The van der Waals surface area contributed by atoms with Crippen LogP contribution in [0.3, 0.4) is 0 Å². The van der Waals surface area contributed by atoms with Gasteiger partial charge in [0.15, 0.2) is 9.84 Å². The lowest BCUT2D eigenvalue weighted by Crippen LogP contribution is -2.47. The molecule has 2 nitrogen and oxygen atoms in total. The highest BCUT2D eigenvalue weighted by Gasteiger charge is 2.64. The molecular weight excluding hydrogens is 220 g/mol. The summed E-state index contributed by atoms with van der Waals surface area (Å²) in [6.07, 6.45) is 11.1. The summed E-state index contributed by atoms with van der Waals surface area (Å²) in [5, 5.41) is -0.120. The van der Waals surface area contributed by atoms with Crippen molar-refractivity contribution in [2.24, 2.45) is 10.8 Å². The molecule has 0 radical (unpaired) electrons. The second kappa shape index (κ2) is 3.12. The molecule has 0 aromatic carbocycles. The van der Waals surface area contributed by atoms with Gasteiger partial charge in [-0.3, -0.25) is 0 Å². The van der Waals surface area contributed by atoms with Crippen molar-refractivity contribution >= 4 is 9.84 Å². The summed E-state index contributed by atoms with van der Waals surface area (Å²) in [6.45, 7) is 1.96. The average molecular weight is 240 g/mol. The Bertz CT molecular complexity index is 437. The van der Waals surface area contributed by atoms with Gasteiger partial charge in [-0.15, -0.1) is 0 Å². The van der Waals surface area contributed by atoms with Crippen LogP contribution in [0.2, 0.25) is 0 Å². The van der Waals surface area contributed by atoms with Gasteiger partial charge < -0.3 is 0 Å². The molecule has 0 spiro atoms. The topological polar surface area (TPSA) is 34.1 Å². The second-order valence-corrected chi connectivity index (χ2v) is 8.29. The van der Waals surface area contributed by atoms with E-state index in [1.54, 1.807) is 0 Å². The second-order valence-electron chi connectivity index (χ2n) is 5.97. The lowest BCUT2D eigenvalue weighted by atomic mass is 9.51. The molecule has 0 bridgehead atoms. The Morgan fingerprint density at radius 1 is 1.12 bits per heavy atom. The summed E-state index contributed by atoms with van der Waals surface area (Å²) in [7, 11) is -2.85. The van der Waals surface area contributed by atoms with Gasteiger partial charge in [0, 0.05) is 0 Å². The van der Waals surface area contributed by atoms with Crippen LogP contribution in [0.4, 0.5) is 0 Å². The van der Waals surface area contributed by atoms with Crippen molar-refractivity contribution in [2.45, 2.75) is 50.7 Å². The summed E-state index contributed by atoms with van der Waals surface area (Å²) in [4.78, 5) is 0. The van der Waals surface area contributed by atoms with Crippen LogP contribution in [0.5, 0.6) is 0 Å². The molecule has 0 unspecified atom stereocenters. The van der Waals surface area contributed by atoms with Crippen molar-refractivity contribution in [1.82, 2.24) is 0 Å². The summed E-state index contributed by atoms with van der Waals surface area (Å²) in [5.41, 5.74) is 0.178. The highest BCUT2D eigenvalue weighted by molar-refractivity contribution is 7.92. The molecule has 0 amide bonds. The van der Waals surface area contributed by atoms with Gasteiger partial charge in [0.2, 0.25) is 0 Å². The van der Waals surface area contributed by atoms with E-state index in [-0.39, 0.29) is 16.1 Å². The van der Waals surface area contributed by atoms with Gasteiger partial charge in [-0.25, -0.2) is 8.42 Å². The third-order valence-electron chi connectivity index (χ3n) is 5.54. The van der Waals surface area contributed by atoms with Crippen LogP contribution >= 0.6 is 0 Å². The van der Waals surface area contributed by atoms with Gasteiger partial charge in [-0.2, -0.15) is 0 Å². The maximum Gasteiger partial charge on any atom is 0.154 e. The van der Waals surface area contributed by atoms with Crippen LogP contribution in [0.25, 0.3) is 0 Å². The molecule has 16 heavy (non-hydrogen) atoms. The molecule has 1 saturated heterocycles. The van der Waals surface area contributed by atoms with E-state index < -0.39 is 9.84 Å². The Balaban J connectivity index is 2.17. The molecule has 1 heterocycles. The number of rotatable bonds is 0. The van der Waals surface area contributed by atoms with Crippen LogP contribution < -0.4 is 0 Å². The molecule has 2 aliphatic carbocycles. The Morgan fingerprint density at radius 3 is 2.56 bits per heavy atom. The van der Waals surface area contributed by atoms with Crippen molar-refractivity contribution in [1.29, 1.82) is 0 Å². The minimum Gasteiger partial charge on any atom is -0.229 e. The maximum absolute atomic E-state index is 12.3. The first-order chi connectivity index (χ1) is 7.53. The van der Waals surface area contributed by atoms with Crippen LogP contribution in [0.15, 0.2) is 12.2 Å². The average Bonchev–Trinajstić information content (AvgIpc) is 2.45. The molecule has 1 aliphatic heterocycles. The van der Waals surface area contributed by atoms with E-state index in [0.29, 0.717) is 5.75 Å². The zero-order valence-electron chi connectivity index (χ0n) is 9.91. The minimum atomic E-state index is -2.85. The molecule has 3 aliphatic rings. The molecule has 2 fully saturated rings. The molecular formula is C13H20O2S. The van der Waals surface area contributed by atoms with Gasteiger partial charge in [0.25, 0.3) is 0 Å². The van der Waals surface area contributed by atoms with E-state index >= 15 is 0 Å². The highest BCUT2D eigenvalue weighted by atomic mass is 32.2. The molecule has 0 N–H and O–H groups in total. The third kappa shape index (κ3) is 1.10. The van der Waals surface area contributed by atoms with Gasteiger partial charge in [0.05, 0.1) is 11.0 Å². The zero-order valence-corrected chi connectivity index (χ0v) is 10.7. The summed E-state index contributed by atoms with van der Waals surface area (Å²) >= 11 is 0. The summed E-state index contributed by atoms with van der Waals surface area (Å²) in [6, 6.07) is 0. The Morgan fingerprint density at radius 2 is 1.81 bits per heavy atom. The first kappa shape index (κ1) is 10.8. The van der Waals surface area contributed by atoms with Gasteiger partial charge in [-0.05, 0) is 43.4 Å². The van der Waals surface area contributed by atoms with Crippen molar-refractivity contribution in [3.05, 3.63) is 12.2 Å². The van der Waals surface area contributed by atoms with Crippen LogP contribution in [-0.2, 0) is 9.84 Å². The van der Waals surface area contributed by atoms with Crippen molar-refractivity contribution < 1.29 is 8.42 Å². The van der Waals surface area contributed by atoms with E-state index in [4.69, 9.17) is 0 Å². The predicted octanol–water partition coefficient (Wildman–Crippen LogP) is 2.70. The summed E-state index contributed by atoms with van der Waals surface area (Å²) in [5.74, 6) is 0.450. The van der Waals surface area contributed by atoms with Crippen molar-refractivity contribution in [3.8, 4) is 0 Å². The molecule has 0 aromatic heterocycles. The summed E-state index contributed by atoms with van der Waals surface area (Å²) < 4.78 is 24.5. The fraction of sp³-hybridized carbons (Fsp3) is 0.846. The van der Waals surface area contributed by atoms with Crippen molar-refractivity contribution in [2.75, 3.05) is 5.75 Å². The van der Waals surface area contributed by atoms with Crippen LogP contribution in [0.1, 0.15) is 45.4 Å². The minimum absolute atomic E-state index is 0.0822. The normalized spacial score (nSPS) is 49.7. The van der Waals surface area contributed by atoms with Crippen LogP contribution in [0, 0.1) is 10.8 Å². The Hall–Kier alpha value is -0.310. The van der Waals surface area contributed by atoms with E-state index in [2.05, 4.69) is 12.2 Å². The number of sulfone groups is 1. The maximum atomic E-state index is 12.3. The van der Waals surface area contributed by atoms with Gasteiger partial charge in [0.1, 0.15) is 0 Å². The van der Waals surface area contributed by atoms with Crippen molar-refractivity contribution in [3.63, 3.8) is 0 Å². The lowest BCUT2D eigenvalue weighted by molar-refractivity contribution is 0.0154. The SMILES string of the molecule is C[C@@H]1[C@@]23CC=CC[C@]2(CCCC3)CS1(=O)=O. The lowest BCUT2D eigenvalue weighted by Gasteiger charge is -2.51. The monoisotopic (exact) mass is 240 g/mol. The molecule has 3 heteroatoms. The van der Waals surface area contributed by atoms with E-state index in [0.717, 1.165) is 25.7 Å². The fourth-order valence-corrected chi connectivity index (χ4v) is 7.29. The Labute approximate surface area is 98.0 Å². The Kier molecular flexibility index (Phi) is 2.11. The fourth-order valence-electron chi connectivity index (χ4n) is 4.57.